The smallest absolute Gasteiger partial charge is 0.384 e. The molecule has 0 amide bonds. The van der Waals surface area contributed by atoms with Crippen molar-refractivity contribution in [2.75, 3.05) is 6.61 Å². The Labute approximate surface area is 129 Å². The third-order valence-electron chi connectivity index (χ3n) is 2.55. The van der Waals surface area contributed by atoms with Gasteiger partial charge in [-0.3, -0.25) is 0 Å². The van der Waals surface area contributed by atoms with Crippen molar-refractivity contribution in [3.05, 3.63) is 12.4 Å². The zero-order valence-corrected chi connectivity index (χ0v) is 11.2. The Kier molecular flexibility index (Phi) is 6.11. The molecule has 0 saturated heterocycles. The highest BCUT2D eigenvalue weighted by Gasteiger charge is 2.87. The van der Waals surface area contributed by atoms with Crippen LogP contribution in [0.15, 0.2) is 12.4 Å². The summed E-state index contributed by atoms with van der Waals surface area (Å²) in [5, 5.41) is 0. The number of esters is 1. The second-order valence-electron chi connectivity index (χ2n) is 4.33. The van der Waals surface area contributed by atoms with Crippen LogP contribution < -0.4 is 0 Å². The minimum absolute atomic E-state index is 2.13. The van der Waals surface area contributed by atoms with Gasteiger partial charge in [-0.1, -0.05) is 6.58 Å². The van der Waals surface area contributed by atoms with Crippen molar-refractivity contribution in [1.82, 2.24) is 0 Å². The molecule has 25 heavy (non-hydrogen) atoms. The Morgan fingerprint density at radius 1 is 0.840 bits per heavy atom. The molecule has 0 aliphatic carbocycles. The fourth-order valence-electron chi connectivity index (χ4n) is 1.10. The first-order valence-electron chi connectivity index (χ1n) is 5.46. The molecule has 0 saturated carbocycles. The number of carbonyl (C=O) groups is 1. The summed E-state index contributed by atoms with van der Waals surface area (Å²) >= 11 is 0. The van der Waals surface area contributed by atoms with Gasteiger partial charge < -0.3 is 4.74 Å². The summed E-state index contributed by atoms with van der Waals surface area (Å²) in [6.45, 7) is -1.04. The maximum Gasteiger partial charge on any atom is 0.384 e. The van der Waals surface area contributed by atoms with Gasteiger partial charge in [0.15, 0.2) is 6.61 Å². The van der Waals surface area contributed by atoms with Crippen LogP contribution in [0.5, 0.6) is 0 Å². The molecule has 0 heterocycles. The third-order valence-corrected chi connectivity index (χ3v) is 2.55. The first-order valence-corrected chi connectivity index (χ1v) is 5.46. The molecule has 0 aliphatic rings. The lowest BCUT2D eigenvalue weighted by Crippen LogP contribution is -2.69. The number of rotatable bonds is 8. The van der Waals surface area contributed by atoms with E-state index in [1.807, 2.05) is 0 Å². The Morgan fingerprint density at radius 3 is 1.56 bits per heavy atom. The van der Waals surface area contributed by atoms with Gasteiger partial charge in [0.1, 0.15) is 0 Å². The van der Waals surface area contributed by atoms with E-state index in [0.717, 1.165) is 0 Å². The van der Waals surface area contributed by atoms with E-state index in [1.165, 1.54) is 0 Å². The molecule has 0 aromatic rings. The summed E-state index contributed by atoms with van der Waals surface area (Å²) in [6.07, 6.45) is -5.62. The van der Waals surface area contributed by atoms with Crippen molar-refractivity contribution < 1.29 is 66.6 Å². The maximum absolute atomic E-state index is 13.1. The van der Waals surface area contributed by atoms with Crippen LogP contribution in [-0.2, 0) is 9.53 Å². The van der Waals surface area contributed by atoms with Crippen molar-refractivity contribution in [3.63, 3.8) is 0 Å². The van der Waals surface area contributed by atoms with E-state index < -0.39 is 54.4 Å². The fraction of sp³-hybridized carbons (Fsp3) is 0.700. The predicted molar refractivity (Wildman–Crippen MR) is 51.9 cm³/mol. The first-order chi connectivity index (χ1) is 10.8. The zero-order valence-electron chi connectivity index (χ0n) is 11.2. The molecule has 0 bridgehead atoms. The molecule has 0 atom stereocenters. The summed E-state index contributed by atoms with van der Waals surface area (Å²) in [5.74, 6) is -41.1. The SMILES string of the molecule is C=C(F)C(=O)OCC(F)(F)C(F)(F)C(F)(F)C(F)(F)C(F)(F)C(F)F. The average Bonchev–Trinajstić information content (AvgIpc) is 2.43. The normalized spacial score (nSPS) is 14.6. The minimum Gasteiger partial charge on any atom is -0.454 e. The molecule has 0 N–H and O–H groups in total. The van der Waals surface area contributed by atoms with E-state index in [4.69, 9.17) is 0 Å². The van der Waals surface area contributed by atoms with Crippen molar-refractivity contribution in [1.29, 1.82) is 0 Å². The molecular weight excluding hydrogens is 399 g/mol. The molecule has 0 fully saturated rings. The standard InChI is InChI=1S/C10H5F13O2/c1-3(11)4(24)25-2-6(14,15)8(18,19)10(22,23)9(20,21)7(16,17)5(12)13/h5H,1-2H2. The van der Waals surface area contributed by atoms with Crippen LogP contribution in [0.4, 0.5) is 57.1 Å². The number of ether oxygens (including phenoxy) is 1. The predicted octanol–water partition coefficient (Wildman–Crippen LogP) is 4.45. The molecule has 0 rings (SSSR count). The van der Waals surface area contributed by atoms with Gasteiger partial charge in [0.2, 0.25) is 5.83 Å². The van der Waals surface area contributed by atoms with Crippen molar-refractivity contribution in [2.24, 2.45) is 0 Å². The number of hydrogen-bond donors (Lipinski definition) is 0. The van der Waals surface area contributed by atoms with Gasteiger partial charge in [-0.15, -0.1) is 0 Å². The van der Waals surface area contributed by atoms with E-state index >= 15 is 0 Å². The van der Waals surface area contributed by atoms with Crippen LogP contribution in [0.2, 0.25) is 0 Å². The molecular formula is C10H5F13O2. The number of alkyl halides is 12. The van der Waals surface area contributed by atoms with Crippen LogP contribution >= 0.6 is 0 Å². The van der Waals surface area contributed by atoms with Gasteiger partial charge in [0, 0.05) is 0 Å². The van der Waals surface area contributed by atoms with Crippen LogP contribution in [0.1, 0.15) is 0 Å². The lowest BCUT2D eigenvalue weighted by atomic mass is 9.94. The number of carbonyl (C=O) groups excluding carboxylic acids is 1. The molecule has 0 aromatic carbocycles. The summed E-state index contributed by atoms with van der Waals surface area (Å²) < 4.78 is 167. The molecule has 0 radical (unpaired) electrons. The lowest BCUT2D eigenvalue weighted by Gasteiger charge is -2.38. The minimum atomic E-state index is -7.73. The molecule has 2 nitrogen and oxygen atoms in total. The van der Waals surface area contributed by atoms with Gasteiger partial charge in [0.05, 0.1) is 0 Å². The van der Waals surface area contributed by atoms with Gasteiger partial charge in [-0.05, 0) is 0 Å². The van der Waals surface area contributed by atoms with E-state index in [0.29, 0.717) is 0 Å². The maximum atomic E-state index is 13.1. The molecule has 0 aromatic heterocycles. The van der Waals surface area contributed by atoms with Crippen LogP contribution in [0, 0.1) is 0 Å². The monoisotopic (exact) mass is 404 g/mol. The topological polar surface area (TPSA) is 26.3 Å². The molecule has 15 heteroatoms. The first kappa shape index (κ1) is 23.3. The Morgan fingerprint density at radius 2 is 1.24 bits per heavy atom. The quantitative estimate of drug-likeness (QED) is 0.340. The molecule has 0 unspecified atom stereocenters. The fourth-order valence-corrected chi connectivity index (χ4v) is 1.10. The average molecular weight is 404 g/mol. The molecule has 0 aliphatic heterocycles. The third kappa shape index (κ3) is 3.63. The summed E-state index contributed by atoms with van der Waals surface area (Å²) in [6, 6.07) is 0. The van der Waals surface area contributed by atoms with Gasteiger partial charge in [-0.25, -0.2) is 13.6 Å². The molecule has 148 valence electrons. The van der Waals surface area contributed by atoms with E-state index in [1.54, 1.807) is 0 Å². The second-order valence-corrected chi connectivity index (χ2v) is 4.33. The zero-order chi connectivity index (χ0) is 20.6. The van der Waals surface area contributed by atoms with E-state index in [2.05, 4.69) is 11.3 Å². The van der Waals surface area contributed by atoms with Gasteiger partial charge >= 0.3 is 42.0 Å². The van der Waals surface area contributed by atoms with Gasteiger partial charge in [0.25, 0.3) is 0 Å². The highest BCUT2D eigenvalue weighted by molar-refractivity contribution is 5.85. The largest absolute Gasteiger partial charge is 0.454 e. The van der Waals surface area contributed by atoms with Crippen molar-refractivity contribution in [3.8, 4) is 0 Å². The van der Waals surface area contributed by atoms with E-state index in [-0.39, 0.29) is 0 Å². The lowest BCUT2D eigenvalue weighted by molar-refractivity contribution is -0.414. The molecule has 0 spiro atoms. The van der Waals surface area contributed by atoms with Gasteiger partial charge in [-0.2, -0.15) is 48.3 Å². The second kappa shape index (κ2) is 6.55. The Bertz CT molecular complexity index is 525. The Hall–Kier alpha value is -1.70. The van der Waals surface area contributed by atoms with Crippen LogP contribution in [0.3, 0.4) is 0 Å². The highest BCUT2D eigenvalue weighted by Crippen LogP contribution is 2.58. The van der Waals surface area contributed by atoms with Crippen molar-refractivity contribution >= 4 is 5.97 Å². The highest BCUT2D eigenvalue weighted by atomic mass is 19.4. The summed E-state index contributed by atoms with van der Waals surface area (Å²) in [4.78, 5) is 10.4. The summed E-state index contributed by atoms with van der Waals surface area (Å²) in [5.41, 5.74) is 0. The number of halogens is 13. The van der Waals surface area contributed by atoms with E-state index in [9.17, 15) is 61.9 Å². The Balaban J connectivity index is 5.86. The van der Waals surface area contributed by atoms with Crippen LogP contribution in [0.25, 0.3) is 0 Å². The summed E-state index contributed by atoms with van der Waals surface area (Å²) in [7, 11) is 0. The number of hydrogen-bond acceptors (Lipinski definition) is 2. The van der Waals surface area contributed by atoms with Crippen molar-refractivity contribution in [2.45, 2.75) is 36.0 Å². The van der Waals surface area contributed by atoms with Crippen LogP contribution in [-0.4, -0.2) is 48.6 Å².